The van der Waals surface area contributed by atoms with Gasteiger partial charge in [0.2, 0.25) is 0 Å². The van der Waals surface area contributed by atoms with Crippen molar-refractivity contribution < 1.29 is 9.47 Å². The first-order valence-corrected chi connectivity index (χ1v) is 8.23. The Morgan fingerprint density at radius 1 is 0.846 bits per heavy atom. The molecule has 4 rings (SSSR count). The van der Waals surface area contributed by atoms with E-state index in [2.05, 4.69) is 4.98 Å². The highest BCUT2D eigenvalue weighted by molar-refractivity contribution is 5.96. The molecule has 0 fully saturated rings. The van der Waals surface area contributed by atoms with Gasteiger partial charge in [0.1, 0.15) is 11.5 Å². The molecule has 2 heterocycles. The predicted octanol–water partition coefficient (Wildman–Crippen LogP) is 4.00. The number of hydrogen-bond acceptors (Lipinski definition) is 3. The molecule has 0 spiro atoms. The van der Waals surface area contributed by atoms with Gasteiger partial charge in [-0.15, -0.1) is 0 Å². The minimum absolute atomic E-state index is 0.152. The van der Waals surface area contributed by atoms with Gasteiger partial charge in [-0.3, -0.25) is 4.79 Å². The Morgan fingerprint density at radius 2 is 1.50 bits per heavy atom. The molecule has 0 bridgehead atoms. The third-order valence-corrected chi connectivity index (χ3v) is 4.44. The van der Waals surface area contributed by atoms with Gasteiger partial charge < -0.3 is 19.0 Å². The molecule has 0 saturated carbocycles. The molecule has 5 heteroatoms. The molecular formula is C21H18N2O3. The average molecular weight is 346 g/mol. The van der Waals surface area contributed by atoms with Gasteiger partial charge in [-0.25, -0.2) is 0 Å². The lowest BCUT2D eigenvalue weighted by Crippen LogP contribution is -2.11. The quantitative estimate of drug-likeness (QED) is 0.608. The number of methoxy groups -OCH3 is 2. The largest absolute Gasteiger partial charge is 0.497 e. The SMILES string of the molecule is COc1ccc(-c2[nH]c(=O)c3cc(OC)ccc3c2-n2cccc2)cc1. The first kappa shape index (κ1) is 16.0. The topological polar surface area (TPSA) is 56.3 Å². The minimum atomic E-state index is -0.152. The van der Waals surface area contributed by atoms with Crippen molar-refractivity contribution in [2.75, 3.05) is 14.2 Å². The summed E-state index contributed by atoms with van der Waals surface area (Å²) in [6.45, 7) is 0. The Kier molecular flexibility index (Phi) is 3.97. The number of benzene rings is 2. The number of aromatic nitrogens is 2. The van der Waals surface area contributed by atoms with Crippen LogP contribution < -0.4 is 15.0 Å². The molecule has 5 nitrogen and oxygen atoms in total. The predicted molar refractivity (Wildman–Crippen MR) is 102 cm³/mol. The van der Waals surface area contributed by atoms with Gasteiger partial charge in [0, 0.05) is 23.3 Å². The van der Waals surface area contributed by atoms with Crippen LogP contribution in [0.4, 0.5) is 0 Å². The van der Waals surface area contributed by atoms with Crippen molar-refractivity contribution in [3.8, 4) is 28.4 Å². The molecule has 130 valence electrons. The molecule has 4 aromatic rings. The van der Waals surface area contributed by atoms with Crippen molar-refractivity contribution in [2.45, 2.75) is 0 Å². The van der Waals surface area contributed by atoms with Crippen LogP contribution in [0.1, 0.15) is 0 Å². The van der Waals surface area contributed by atoms with Gasteiger partial charge in [0.15, 0.2) is 0 Å². The summed E-state index contributed by atoms with van der Waals surface area (Å²) in [7, 11) is 3.22. The highest BCUT2D eigenvalue weighted by atomic mass is 16.5. The second-order valence-corrected chi connectivity index (χ2v) is 5.91. The highest BCUT2D eigenvalue weighted by Gasteiger charge is 2.15. The van der Waals surface area contributed by atoms with Crippen LogP contribution in [-0.2, 0) is 0 Å². The Morgan fingerprint density at radius 3 is 2.15 bits per heavy atom. The number of ether oxygens (including phenoxy) is 2. The molecule has 0 aliphatic heterocycles. The lowest BCUT2D eigenvalue weighted by atomic mass is 10.0. The van der Waals surface area contributed by atoms with E-state index in [4.69, 9.17) is 9.47 Å². The van der Waals surface area contributed by atoms with Crippen LogP contribution in [0.15, 0.2) is 71.8 Å². The Bertz CT molecular complexity index is 1110. The third-order valence-electron chi connectivity index (χ3n) is 4.44. The zero-order chi connectivity index (χ0) is 18.1. The fourth-order valence-electron chi connectivity index (χ4n) is 3.14. The second-order valence-electron chi connectivity index (χ2n) is 5.91. The van der Waals surface area contributed by atoms with Gasteiger partial charge in [0.05, 0.1) is 31.0 Å². The molecule has 1 N–H and O–H groups in total. The number of pyridine rings is 1. The summed E-state index contributed by atoms with van der Waals surface area (Å²) in [5, 5.41) is 1.45. The van der Waals surface area contributed by atoms with E-state index in [-0.39, 0.29) is 5.56 Å². The molecule has 0 saturated heterocycles. The number of nitrogens with zero attached hydrogens (tertiary/aromatic N) is 1. The molecular weight excluding hydrogens is 328 g/mol. The van der Waals surface area contributed by atoms with Crippen LogP contribution in [0.3, 0.4) is 0 Å². The van der Waals surface area contributed by atoms with Crippen molar-refractivity contribution >= 4 is 10.8 Å². The van der Waals surface area contributed by atoms with E-state index in [1.54, 1.807) is 20.3 Å². The maximum absolute atomic E-state index is 12.7. The summed E-state index contributed by atoms with van der Waals surface area (Å²) in [5.74, 6) is 1.42. The fourth-order valence-corrected chi connectivity index (χ4v) is 3.14. The lowest BCUT2D eigenvalue weighted by molar-refractivity contribution is 0.415. The number of nitrogens with one attached hydrogen (secondary N) is 1. The molecule has 0 radical (unpaired) electrons. The maximum atomic E-state index is 12.7. The van der Waals surface area contributed by atoms with Crippen molar-refractivity contribution in [1.29, 1.82) is 0 Å². The van der Waals surface area contributed by atoms with Crippen molar-refractivity contribution in [3.05, 3.63) is 77.3 Å². The zero-order valence-corrected chi connectivity index (χ0v) is 14.5. The zero-order valence-electron chi connectivity index (χ0n) is 14.5. The van der Waals surface area contributed by atoms with E-state index in [1.165, 1.54) is 0 Å². The van der Waals surface area contributed by atoms with Crippen LogP contribution in [0, 0.1) is 0 Å². The van der Waals surface area contributed by atoms with Crippen LogP contribution in [-0.4, -0.2) is 23.8 Å². The molecule has 2 aromatic carbocycles. The van der Waals surface area contributed by atoms with Gasteiger partial charge in [0.25, 0.3) is 5.56 Å². The minimum Gasteiger partial charge on any atom is -0.497 e. The van der Waals surface area contributed by atoms with Gasteiger partial charge in [-0.05, 0) is 54.6 Å². The number of fused-ring (bicyclic) bond motifs is 1. The van der Waals surface area contributed by atoms with E-state index in [1.807, 2.05) is 65.5 Å². The lowest BCUT2D eigenvalue weighted by Gasteiger charge is -2.15. The van der Waals surface area contributed by atoms with Crippen LogP contribution in [0.5, 0.6) is 11.5 Å². The summed E-state index contributed by atoms with van der Waals surface area (Å²) in [5.41, 5.74) is 2.42. The van der Waals surface area contributed by atoms with E-state index >= 15 is 0 Å². The van der Waals surface area contributed by atoms with Crippen molar-refractivity contribution in [1.82, 2.24) is 9.55 Å². The van der Waals surface area contributed by atoms with Crippen LogP contribution in [0.2, 0.25) is 0 Å². The smallest absolute Gasteiger partial charge is 0.256 e. The maximum Gasteiger partial charge on any atom is 0.256 e. The summed E-state index contributed by atoms with van der Waals surface area (Å²) in [6, 6.07) is 17.1. The molecule has 0 amide bonds. The number of hydrogen-bond donors (Lipinski definition) is 1. The molecule has 0 unspecified atom stereocenters. The molecule has 2 aromatic heterocycles. The second kappa shape index (κ2) is 6.44. The summed E-state index contributed by atoms with van der Waals surface area (Å²) in [4.78, 5) is 15.8. The van der Waals surface area contributed by atoms with E-state index in [0.29, 0.717) is 11.1 Å². The standard InChI is InChI=1S/C21H18N2O3/c1-25-15-7-5-14(6-8-15)19-20(23-11-3-4-12-23)17-10-9-16(26-2)13-18(17)21(24)22-19/h3-13H,1-2H3,(H,22,24). The summed E-state index contributed by atoms with van der Waals surface area (Å²) < 4.78 is 12.5. The summed E-state index contributed by atoms with van der Waals surface area (Å²) >= 11 is 0. The van der Waals surface area contributed by atoms with Crippen LogP contribution >= 0.6 is 0 Å². The first-order chi connectivity index (χ1) is 12.7. The average Bonchev–Trinajstić information content (AvgIpc) is 3.22. The summed E-state index contributed by atoms with van der Waals surface area (Å²) in [6.07, 6.45) is 3.93. The molecule has 26 heavy (non-hydrogen) atoms. The Hall–Kier alpha value is -3.47. The van der Waals surface area contributed by atoms with E-state index in [0.717, 1.165) is 28.1 Å². The first-order valence-electron chi connectivity index (χ1n) is 8.23. The van der Waals surface area contributed by atoms with Gasteiger partial charge in [-0.1, -0.05) is 0 Å². The Balaban J connectivity index is 2.05. The van der Waals surface area contributed by atoms with Gasteiger partial charge in [-0.2, -0.15) is 0 Å². The van der Waals surface area contributed by atoms with Crippen LogP contribution in [0.25, 0.3) is 27.7 Å². The molecule has 0 aliphatic carbocycles. The Labute approximate surface area is 150 Å². The number of H-pyrrole nitrogens is 1. The van der Waals surface area contributed by atoms with E-state index in [9.17, 15) is 4.79 Å². The van der Waals surface area contributed by atoms with Gasteiger partial charge >= 0.3 is 0 Å². The molecule has 0 atom stereocenters. The number of aromatic amines is 1. The van der Waals surface area contributed by atoms with Crippen molar-refractivity contribution in [3.63, 3.8) is 0 Å². The fraction of sp³-hybridized carbons (Fsp3) is 0.0952. The van der Waals surface area contributed by atoms with E-state index < -0.39 is 0 Å². The number of rotatable bonds is 4. The van der Waals surface area contributed by atoms with Crippen molar-refractivity contribution in [2.24, 2.45) is 0 Å². The monoisotopic (exact) mass is 346 g/mol. The third kappa shape index (κ3) is 2.63. The molecule has 0 aliphatic rings. The highest BCUT2D eigenvalue weighted by Crippen LogP contribution is 2.32. The normalized spacial score (nSPS) is 10.8.